The molecule has 1 aromatic heterocycles. The van der Waals surface area contributed by atoms with Crippen molar-refractivity contribution in [3.8, 4) is 6.07 Å². The van der Waals surface area contributed by atoms with Crippen LogP contribution in [0.5, 0.6) is 0 Å². The van der Waals surface area contributed by atoms with E-state index in [1.54, 1.807) is 0 Å². The van der Waals surface area contributed by atoms with Crippen molar-refractivity contribution < 1.29 is 0 Å². The fraction of sp³-hybridized carbons (Fsp3) is 0.643. The lowest BCUT2D eigenvalue weighted by Gasteiger charge is -2.11. The Hall–Kier alpha value is -1.67. The SMILES string of the molecule is CCNCCCNc1nnc(CC)c(CC)c1C#N. The molecule has 0 radical (unpaired) electrons. The van der Waals surface area contributed by atoms with E-state index in [9.17, 15) is 5.26 Å². The predicted molar refractivity (Wildman–Crippen MR) is 77.2 cm³/mol. The molecule has 0 aliphatic carbocycles. The smallest absolute Gasteiger partial charge is 0.166 e. The molecule has 1 heterocycles. The van der Waals surface area contributed by atoms with Crippen molar-refractivity contribution in [2.75, 3.05) is 25.0 Å². The zero-order valence-corrected chi connectivity index (χ0v) is 12.1. The summed E-state index contributed by atoms with van der Waals surface area (Å²) in [5, 5.41) is 24.2. The molecule has 0 aliphatic heterocycles. The molecule has 5 nitrogen and oxygen atoms in total. The van der Waals surface area contributed by atoms with Crippen molar-refractivity contribution in [3.63, 3.8) is 0 Å². The third-order valence-electron chi connectivity index (χ3n) is 3.03. The van der Waals surface area contributed by atoms with Gasteiger partial charge in [0, 0.05) is 6.54 Å². The largest absolute Gasteiger partial charge is 0.367 e. The van der Waals surface area contributed by atoms with E-state index >= 15 is 0 Å². The van der Waals surface area contributed by atoms with Crippen LogP contribution in [0.25, 0.3) is 0 Å². The lowest BCUT2D eigenvalue weighted by Crippen LogP contribution is -2.18. The molecule has 0 spiro atoms. The molecule has 1 rings (SSSR count). The van der Waals surface area contributed by atoms with Gasteiger partial charge in [0.1, 0.15) is 11.6 Å². The van der Waals surface area contributed by atoms with Crippen LogP contribution in [-0.4, -0.2) is 29.8 Å². The number of nitriles is 1. The molecule has 0 fully saturated rings. The molecule has 0 aliphatic rings. The molecule has 104 valence electrons. The number of rotatable bonds is 8. The van der Waals surface area contributed by atoms with E-state index in [-0.39, 0.29) is 0 Å². The number of anilines is 1. The van der Waals surface area contributed by atoms with Gasteiger partial charge < -0.3 is 10.6 Å². The lowest BCUT2D eigenvalue weighted by atomic mass is 10.0. The van der Waals surface area contributed by atoms with E-state index in [1.807, 2.05) is 13.8 Å². The molecule has 5 heteroatoms. The predicted octanol–water partition coefficient (Wildman–Crippen LogP) is 1.88. The molecule has 0 saturated carbocycles. The first-order valence-electron chi connectivity index (χ1n) is 7.01. The maximum absolute atomic E-state index is 9.32. The summed E-state index contributed by atoms with van der Waals surface area (Å²) in [7, 11) is 0. The summed E-state index contributed by atoms with van der Waals surface area (Å²) in [5.74, 6) is 0.619. The molecular weight excluding hydrogens is 238 g/mol. The van der Waals surface area contributed by atoms with Crippen LogP contribution in [0, 0.1) is 11.3 Å². The Kier molecular flexibility index (Phi) is 6.83. The van der Waals surface area contributed by atoms with Crippen molar-refractivity contribution >= 4 is 5.82 Å². The minimum absolute atomic E-state index is 0.619. The number of nitrogens with one attached hydrogen (secondary N) is 2. The number of aromatic nitrogens is 2. The monoisotopic (exact) mass is 261 g/mol. The molecule has 0 atom stereocenters. The van der Waals surface area contributed by atoms with Crippen LogP contribution in [0.15, 0.2) is 0 Å². The fourth-order valence-electron chi connectivity index (χ4n) is 2.01. The topological polar surface area (TPSA) is 73.6 Å². The van der Waals surface area contributed by atoms with Crippen LogP contribution in [0.4, 0.5) is 5.82 Å². The van der Waals surface area contributed by atoms with E-state index in [0.29, 0.717) is 11.4 Å². The first-order valence-corrected chi connectivity index (χ1v) is 7.01. The highest BCUT2D eigenvalue weighted by Gasteiger charge is 2.13. The molecule has 0 unspecified atom stereocenters. The Labute approximate surface area is 115 Å². The van der Waals surface area contributed by atoms with Gasteiger partial charge in [0.25, 0.3) is 0 Å². The first kappa shape index (κ1) is 15.4. The summed E-state index contributed by atoms with van der Waals surface area (Å²) in [6.45, 7) is 8.91. The maximum atomic E-state index is 9.32. The van der Waals surface area contributed by atoms with Gasteiger partial charge in [-0.05, 0) is 37.9 Å². The van der Waals surface area contributed by atoms with Crippen molar-refractivity contribution in [1.82, 2.24) is 15.5 Å². The molecule has 19 heavy (non-hydrogen) atoms. The minimum atomic E-state index is 0.619. The number of hydrogen-bond donors (Lipinski definition) is 2. The van der Waals surface area contributed by atoms with Gasteiger partial charge in [-0.15, -0.1) is 5.10 Å². The highest BCUT2D eigenvalue weighted by atomic mass is 15.2. The van der Waals surface area contributed by atoms with Gasteiger partial charge in [-0.25, -0.2) is 0 Å². The Balaban J connectivity index is 2.76. The average molecular weight is 261 g/mol. The number of aryl methyl sites for hydroxylation is 1. The number of hydrogen-bond acceptors (Lipinski definition) is 5. The van der Waals surface area contributed by atoms with Crippen molar-refractivity contribution in [2.45, 2.75) is 40.0 Å². The second kappa shape index (κ2) is 8.44. The zero-order chi connectivity index (χ0) is 14.1. The van der Waals surface area contributed by atoms with Gasteiger partial charge in [0.15, 0.2) is 5.82 Å². The highest BCUT2D eigenvalue weighted by molar-refractivity contribution is 5.56. The van der Waals surface area contributed by atoms with Crippen LogP contribution >= 0.6 is 0 Å². The van der Waals surface area contributed by atoms with Gasteiger partial charge in [0.2, 0.25) is 0 Å². The second-order valence-corrected chi connectivity index (χ2v) is 4.30. The molecular formula is C14H23N5. The highest BCUT2D eigenvalue weighted by Crippen LogP contribution is 2.19. The third-order valence-corrected chi connectivity index (χ3v) is 3.03. The van der Waals surface area contributed by atoms with Crippen molar-refractivity contribution in [1.29, 1.82) is 5.26 Å². The summed E-state index contributed by atoms with van der Waals surface area (Å²) < 4.78 is 0. The van der Waals surface area contributed by atoms with Crippen LogP contribution in [0.1, 0.15) is 44.0 Å². The van der Waals surface area contributed by atoms with E-state index in [1.165, 1.54) is 0 Å². The maximum Gasteiger partial charge on any atom is 0.166 e. The van der Waals surface area contributed by atoms with Gasteiger partial charge >= 0.3 is 0 Å². The van der Waals surface area contributed by atoms with E-state index in [0.717, 1.165) is 50.2 Å². The van der Waals surface area contributed by atoms with Gasteiger partial charge in [-0.3, -0.25) is 0 Å². The minimum Gasteiger partial charge on any atom is -0.367 e. The second-order valence-electron chi connectivity index (χ2n) is 4.30. The van der Waals surface area contributed by atoms with E-state index in [4.69, 9.17) is 0 Å². The van der Waals surface area contributed by atoms with Crippen LogP contribution in [-0.2, 0) is 12.8 Å². The summed E-state index contributed by atoms with van der Waals surface area (Å²) >= 11 is 0. The van der Waals surface area contributed by atoms with Crippen LogP contribution < -0.4 is 10.6 Å². The molecule has 0 amide bonds. The van der Waals surface area contributed by atoms with Crippen LogP contribution in [0.2, 0.25) is 0 Å². The molecule has 1 aromatic rings. The standard InChI is InChI=1S/C14H23N5/c1-4-11-12(10-15)14(19-18-13(11)5-2)17-9-7-8-16-6-3/h16H,4-9H2,1-3H3,(H,17,19). The Morgan fingerprint density at radius 1 is 1.11 bits per heavy atom. The van der Waals surface area contributed by atoms with Gasteiger partial charge in [-0.2, -0.15) is 10.4 Å². The Bertz CT molecular complexity index is 436. The lowest BCUT2D eigenvalue weighted by molar-refractivity contribution is 0.687. The molecule has 0 aromatic carbocycles. The normalized spacial score (nSPS) is 10.2. The van der Waals surface area contributed by atoms with Gasteiger partial charge in [-0.1, -0.05) is 20.8 Å². The Morgan fingerprint density at radius 3 is 2.47 bits per heavy atom. The summed E-state index contributed by atoms with van der Waals surface area (Å²) in [6, 6.07) is 2.26. The summed E-state index contributed by atoms with van der Waals surface area (Å²) in [4.78, 5) is 0. The Morgan fingerprint density at radius 2 is 1.89 bits per heavy atom. The quantitative estimate of drug-likeness (QED) is 0.699. The molecule has 0 saturated heterocycles. The molecule has 2 N–H and O–H groups in total. The average Bonchev–Trinajstić information content (AvgIpc) is 2.45. The summed E-state index contributed by atoms with van der Waals surface area (Å²) in [6.07, 6.45) is 2.62. The first-order chi connectivity index (χ1) is 9.28. The number of nitrogens with zero attached hydrogens (tertiary/aromatic N) is 3. The fourth-order valence-corrected chi connectivity index (χ4v) is 2.01. The van der Waals surface area contributed by atoms with Gasteiger partial charge in [0.05, 0.1) is 5.69 Å². The van der Waals surface area contributed by atoms with E-state index < -0.39 is 0 Å². The van der Waals surface area contributed by atoms with Crippen molar-refractivity contribution in [2.24, 2.45) is 0 Å². The summed E-state index contributed by atoms with van der Waals surface area (Å²) in [5.41, 5.74) is 2.60. The third kappa shape index (κ3) is 4.18. The molecule has 0 bridgehead atoms. The van der Waals surface area contributed by atoms with E-state index in [2.05, 4.69) is 33.8 Å². The van der Waals surface area contributed by atoms with Crippen molar-refractivity contribution in [3.05, 3.63) is 16.8 Å². The van der Waals surface area contributed by atoms with Crippen LogP contribution in [0.3, 0.4) is 0 Å². The zero-order valence-electron chi connectivity index (χ0n) is 12.1.